The highest BCUT2D eigenvalue weighted by Crippen LogP contribution is 2.37. The summed E-state index contributed by atoms with van der Waals surface area (Å²) in [4.78, 5) is 15.0. The van der Waals surface area contributed by atoms with Crippen LogP contribution in [0.1, 0.15) is 31.0 Å². The van der Waals surface area contributed by atoms with Crippen LogP contribution in [0.4, 0.5) is 32.3 Å². The molecule has 1 atom stereocenters. The van der Waals surface area contributed by atoms with Crippen LogP contribution >= 0.6 is 0 Å². The number of aromatic nitrogens is 5. The number of halogens is 6. The second-order valence-corrected chi connectivity index (χ2v) is 11.1. The van der Waals surface area contributed by atoms with Crippen molar-refractivity contribution in [2.75, 3.05) is 24.7 Å². The highest BCUT2D eigenvalue weighted by molar-refractivity contribution is 7.88. The van der Waals surface area contributed by atoms with E-state index >= 15 is 0 Å². The van der Waals surface area contributed by atoms with Crippen LogP contribution in [0, 0.1) is 11.3 Å². The summed E-state index contributed by atoms with van der Waals surface area (Å²) in [6.07, 6.45) is -6.83. The first-order valence-corrected chi connectivity index (χ1v) is 13.8. The maximum absolute atomic E-state index is 13.8. The lowest BCUT2D eigenvalue weighted by molar-refractivity contribution is -0.141. The summed E-state index contributed by atoms with van der Waals surface area (Å²) in [5, 5.41) is 11.7. The summed E-state index contributed by atoms with van der Waals surface area (Å²) in [5.41, 5.74) is -4.28. The van der Waals surface area contributed by atoms with Gasteiger partial charge >= 0.3 is 12.4 Å². The van der Waals surface area contributed by atoms with E-state index in [0.29, 0.717) is 19.0 Å². The molecule has 0 spiro atoms. The molecule has 11 nitrogen and oxygen atoms in total. The van der Waals surface area contributed by atoms with Crippen molar-refractivity contribution in [2.24, 2.45) is 0 Å². The van der Waals surface area contributed by atoms with Crippen molar-refractivity contribution in [3.8, 4) is 29.0 Å². The van der Waals surface area contributed by atoms with Crippen LogP contribution in [0.2, 0.25) is 0 Å². The Labute approximate surface area is 229 Å². The topological polar surface area (TPSA) is 139 Å². The van der Waals surface area contributed by atoms with Crippen LogP contribution in [-0.4, -0.2) is 68.7 Å². The third kappa shape index (κ3) is 7.03. The molecule has 0 radical (unpaired) electrons. The minimum atomic E-state index is -4.98. The van der Waals surface area contributed by atoms with E-state index in [1.165, 1.54) is 11.2 Å². The second kappa shape index (κ2) is 11.1. The quantitative estimate of drug-likeness (QED) is 0.398. The molecule has 1 fully saturated rings. The number of rotatable bonds is 7. The SMILES string of the molecule is CC(C#N)Oc1ccc(-n2cnc(-c3nc(NC4CCN(S(C)(=O)=O)CC4)ncc3C(F)(F)F)c2)c(C(F)(F)F)n1. The third-order valence-corrected chi connectivity index (χ3v) is 7.35. The lowest BCUT2D eigenvalue weighted by Gasteiger charge is -2.30. The van der Waals surface area contributed by atoms with Crippen molar-refractivity contribution in [3.63, 3.8) is 0 Å². The first-order valence-electron chi connectivity index (χ1n) is 11.9. The average Bonchev–Trinajstić information content (AvgIpc) is 3.37. The Morgan fingerprint density at radius 3 is 2.37 bits per heavy atom. The van der Waals surface area contributed by atoms with Gasteiger partial charge < -0.3 is 14.6 Å². The first kappa shape index (κ1) is 30.0. The number of nitrogens with zero attached hydrogens (tertiary/aromatic N) is 7. The highest BCUT2D eigenvalue weighted by Gasteiger charge is 2.38. The van der Waals surface area contributed by atoms with Crippen molar-refractivity contribution < 1.29 is 39.5 Å². The van der Waals surface area contributed by atoms with Crippen LogP contribution in [-0.2, 0) is 22.4 Å². The molecule has 18 heteroatoms. The minimum Gasteiger partial charge on any atom is -0.459 e. The van der Waals surface area contributed by atoms with Crippen LogP contribution < -0.4 is 10.1 Å². The number of hydrogen-bond donors (Lipinski definition) is 1. The molecule has 3 aromatic rings. The van der Waals surface area contributed by atoms with Crippen molar-refractivity contribution in [1.82, 2.24) is 28.8 Å². The van der Waals surface area contributed by atoms with Crippen molar-refractivity contribution >= 4 is 16.0 Å². The smallest absolute Gasteiger partial charge is 0.435 e. The molecule has 1 saturated heterocycles. The zero-order valence-electron chi connectivity index (χ0n) is 21.4. The summed E-state index contributed by atoms with van der Waals surface area (Å²) in [6.45, 7) is 1.71. The lowest BCUT2D eigenvalue weighted by atomic mass is 10.1. The largest absolute Gasteiger partial charge is 0.459 e. The van der Waals surface area contributed by atoms with Crippen LogP contribution in [0.3, 0.4) is 0 Å². The minimum absolute atomic E-state index is 0.189. The monoisotopic (exact) mass is 604 g/mol. The highest BCUT2D eigenvalue weighted by atomic mass is 32.2. The van der Waals surface area contributed by atoms with E-state index in [2.05, 4.69) is 25.3 Å². The molecular weight excluding hydrogens is 582 g/mol. The number of ether oxygens (including phenoxy) is 1. The zero-order chi connectivity index (χ0) is 30.2. The molecule has 4 rings (SSSR count). The van der Waals surface area contributed by atoms with Crippen molar-refractivity contribution in [3.05, 3.63) is 42.1 Å². The lowest BCUT2D eigenvalue weighted by Crippen LogP contribution is -2.42. The van der Waals surface area contributed by atoms with Crippen LogP contribution in [0.15, 0.2) is 30.9 Å². The summed E-state index contributed by atoms with van der Waals surface area (Å²) in [6, 6.07) is 3.44. The molecule has 0 aliphatic carbocycles. The number of pyridine rings is 1. The molecule has 0 amide bonds. The molecule has 220 valence electrons. The van der Waals surface area contributed by atoms with Gasteiger partial charge in [-0.15, -0.1) is 0 Å². The number of sulfonamides is 1. The number of nitriles is 1. The molecule has 0 aromatic carbocycles. The third-order valence-electron chi connectivity index (χ3n) is 6.05. The van der Waals surface area contributed by atoms with Gasteiger partial charge in [-0.25, -0.2) is 32.7 Å². The Kier molecular flexibility index (Phi) is 8.14. The maximum Gasteiger partial charge on any atom is 0.435 e. The van der Waals surface area contributed by atoms with Crippen LogP contribution in [0.5, 0.6) is 5.88 Å². The Morgan fingerprint density at radius 2 is 1.78 bits per heavy atom. The fourth-order valence-corrected chi connectivity index (χ4v) is 4.94. The molecule has 41 heavy (non-hydrogen) atoms. The molecule has 4 heterocycles. The average molecular weight is 605 g/mol. The molecular formula is C23H22F6N8O3S. The zero-order valence-corrected chi connectivity index (χ0v) is 22.2. The molecule has 1 N–H and O–H groups in total. The normalized spacial score (nSPS) is 16.3. The van der Waals surface area contributed by atoms with Crippen LogP contribution in [0.25, 0.3) is 17.1 Å². The van der Waals surface area contributed by atoms with Crippen molar-refractivity contribution in [1.29, 1.82) is 5.26 Å². The summed E-state index contributed by atoms with van der Waals surface area (Å²) in [7, 11) is -3.39. The Balaban J connectivity index is 1.67. The van der Waals surface area contributed by atoms with Gasteiger partial charge in [0.15, 0.2) is 11.8 Å². The van der Waals surface area contributed by atoms with Crippen molar-refractivity contribution in [2.45, 2.75) is 44.3 Å². The number of nitrogens with one attached hydrogen (secondary N) is 1. The fraction of sp³-hybridized carbons (Fsp3) is 0.435. The van der Waals surface area contributed by atoms with Gasteiger partial charge in [-0.05, 0) is 25.8 Å². The van der Waals surface area contributed by atoms with Gasteiger partial charge in [0.25, 0.3) is 0 Å². The van der Waals surface area contributed by atoms with Gasteiger partial charge in [0.1, 0.15) is 29.3 Å². The van der Waals surface area contributed by atoms with Gasteiger partial charge in [0, 0.05) is 37.6 Å². The second-order valence-electron chi connectivity index (χ2n) is 9.10. The van der Waals surface area contributed by atoms with Gasteiger partial charge in [0.2, 0.25) is 21.9 Å². The predicted octanol–water partition coefficient (Wildman–Crippen LogP) is 3.89. The summed E-state index contributed by atoms with van der Waals surface area (Å²) < 4.78 is 113. The molecule has 1 aliphatic rings. The van der Waals surface area contributed by atoms with E-state index < -0.39 is 57.0 Å². The van der Waals surface area contributed by atoms with Gasteiger partial charge in [-0.2, -0.15) is 31.6 Å². The van der Waals surface area contributed by atoms with Gasteiger partial charge in [-0.1, -0.05) is 0 Å². The molecule has 1 unspecified atom stereocenters. The maximum atomic E-state index is 13.8. The molecule has 3 aromatic heterocycles. The molecule has 0 bridgehead atoms. The standard InChI is InChI=1S/C23H22F6N8O3S/c1-13(9-30)40-18-4-3-17(20(34-18)23(27,28)29)36-11-16(32-12-36)19-15(22(24,25)26)10-31-21(35-19)33-14-5-7-37(8-6-14)41(2,38)39/h3-4,10-14H,5-8H2,1-2H3,(H,31,33,35). The van der Waals surface area contributed by atoms with Gasteiger partial charge in [-0.3, -0.25) is 0 Å². The number of alkyl halides is 6. The Morgan fingerprint density at radius 1 is 1.10 bits per heavy atom. The number of hydrogen-bond acceptors (Lipinski definition) is 9. The van der Waals surface area contributed by atoms with Gasteiger partial charge in [0.05, 0.1) is 11.9 Å². The first-order chi connectivity index (χ1) is 19.1. The number of anilines is 1. The summed E-state index contributed by atoms with van der Waals surface area (Å²) in [5.74, 6) is -0.658. The van der Waals surface area contributed by atoms with E-state index in [1.54, 1.807) is 6.07 Å². The van der Waals surface area contributed by atoms with E-state index in [1.807, 2.05) is 0 Å². The Bertz CT molecular complexity index is 1560. The van der Waals surface area contributed by atoms with E-state index in [9.17, 15) is 34.8 Å². The number of piperidine rings is 1. The predicted molar refractivity (Wildman–Crippen MR) is 131 cm³/mol. The van der Waals surface area contributed by atoms with E-state index in [0.717, 1.165) is 35.5 Å². The summed E-state index contributed by atoms with van der Waals surface area (Å²) >= 11 is 0. The molecule has 1 aliphatic heterocycles. The fourth-order valence-electron chi connectivity index (χ4n) is 4.07. The van der Waals surface area contributed by atoms with E-state index in [4.69, 9.17) is 10.00 Å². The molecule has 0 saturated carbocycles. The van der Waals surface area contributed by atoms with E-state index in [-0.39, 0.29) is 30.8 Å². The number of imidazole rings is 1. The Hall–Kier alpha value is -3.98.